The number of thiophene rings is 1. The summed E-state index contributed by atoms with van der Waals surface area (Å²) < 4.78 is 0. The van der Waals surface area contributed by atoms with Gasteiger partial charge in [-0.1, -0.05) is 30.3 Å². The van der Waals surface area contributed by atoms with E-state index in [1.165, 1.54) is 40.7 Å². The van der Waals surface area contributed by atoms with Gasteiger partial charge in [-0.3, -0.25) is 0 Å². The van der Waals surface area contributed by atoms with E-state index >= 15 is 0 Å². The van der Waals surface area contributed by atoms with E-state index in [1.807, 2.05) is 18.3 Å². The Balaban J connectivity index is 1.67. The molecule has 0 fully saturated rings. The Morgan fingerprint density at radius 3 is 2.65 bits per heavy atom. The van der Waals surface area contributed by atoms with Crippen molar-refractivity contribution < 1.29 is 0 Å². The van der Waals surface area contributed by atoms with Crippen LogP contribution in [0.3, 0.4) is 0 Å². The summed E-state index contributed by atoms with van der Waals surface area (Å²) in [5.74, 6) is 1.86. The summed E-state index contributed by atoms with van der Waals surface area (Å²) in [6.07, 6.45) is 4.92. The van der Waals surface area contributed by atoms with Gasteiger partial charge in [-0.25, -0.2) is 9.97 Å². The van der Waals surface area contributed by atoms with Gasteiger partial charge in [0.1, 0.15) is 16.5 Å². The minimum absolute atomic E-state index is 0.302. The molecule has 1 aliphatic carbocycles. The highest BCUT2D eigenvalue weighted by atomic mass is 32.1. The van der Waals surface area contributed by atoms with Crippen molar-refractivity contribution in [2.75, 3.05) is 26.0 Å². The third-order valence-corrected chi connectivity index (χ3v) is 6.38. The fraction of sp³-hybridized carbons (Fsp3) is 0.429. The molecule has 0 bridgehead atoms. The zero-order valence-corrected chi connectivity index (χ0v) is 16.6. The van der Waals surface area contributed by atoms with Gasteiger partial charge < -0.3 is 10.2 Å². The van der Waals surface area contributed by atoms with Crippen LogP contribution in [0.15, 0.2) is 30.3 Å². The second-order valence-electron chi connectivity index (χ2n) is 7.28. The number of benzene rings is 1. The predicted octanol–water partition coefficient (Wildman–Crippen LogP) is 4.59. The maximum absolute atomic E-state index is 4.77. The summed E-state index contributed by atoms with van der Waals surface area (Å²) in [4.78, 5) is 14.4. The number of hydrogen-bond donors (Lipinski definition) is 1. The molecule has 0 aliphatic heterocycles. The molecule has 4 rings (SSSR count). The minimum Gasteiger partial charge on any atom is -0.367 e. The lowest BCUT2D eigenvalue weighted by Gasteiger charge is -2.25. The Kier molecular flexibility index (Phi) is 4.92. The number of nitrogens with zero attached hydrogens (tertiary/aromatic N) is 3. The van der Waals surface area contributed by atoms with Crippen LogP contribution in [-0.4, -0.2) is 35.5 Å². The quantitative estimate of drug-likeness (QED) is 0.717. The molecular weight excluding hydrogens is 340 g/mol. The number of aromatic nitrogens is 2. The molecule has 2 heterocycles. The van der Waals surface area contributed by atoms with E-state index < -0.39 is 0 Å². The molecule has 26 heavy (non-hydrogen) atoms. The highest BCUT2D eigenvalue weighted by Crippen LogP contribution is 2.38. The van der Waals surface area contributed by atoms with Gasteiger partial charge in [0.2, 0.25) is 0 Å². The van der Waals surface area contributed by atoms with Crippen LogP contribution < -0.4 is 5.32 Å². The molecule has 136 valence electrons. The summed E-state index contributed by atoms with van der Waals surface area (Å²) in [6, 6.07) is 11.0. The van der Waals surface area contributed by atoms with Crippen LogP contribution in [0.25, 0.3) is 10.2 Å². The number of fused-ring (bicyclic) bond motifs is 3. The molecule has 1 atom stereocenters. The second-order valence-corrected chi connectivity index (χ2v) is 8.37. The average molecular weight is 367 g/mol. The van der Waals surface area contributed by atoms with Crippen molar-refractivity contribution in [2.45, 2.75) is 38.6 Å². The van der Waals surface area contributed by atoms with E-state index in [9.17, 15) is 0 Å². The molecule has 4 nitrogen and oxygen atoms in total. The highest BCUT2D eigenvalue weighted by Gasteiger charge is 2.21. The van der Waals surface area contributed by atoms with Gasteiger partial charge in [-0.15, -0.1) is 11.3 Å². The van der Waals surface area contributed by atoms with E-state index in [0.717, 1.165) is 29.4 Å². The van der Waals surface area contributed by atoms with Crippen molar-refractivity contribution in [3.63, 3.8) is 0 Å². The summed E-state index contributed by atoms with van der Waals surface area (Å²) in [6.45, 7) is 2.82. The van der Waals surface area contributed by atoms with Crippen LogP contribution in [0.4, 0.5) is 5.82 Å². The Hall–Kier alpha value is -1.98. The summed E-state index contributed by atoms with van der Waals surface area (Å²) >= 11 is 1.86. The molecule has 1 aliphatic rings. The summed E-state index contributed by atoms with van der Waals surface area (Å²) in [7, 11) is 4.26. The van der Waals surface area contributed by atoms with Crippen LogP contribution in [0.5, 0.6) is 0 Å². The number of aryl methyl sites for hydroxylation is 3. The largest absolute Gasteiger partial charge is 0.367 e. The topological polar surface area (TPSA) is 41.1 Å². The SMILES string of the molecule is Cc1nc(NC[C@@H](c2ccccc2)N(C)C)c2c3c(sc2n1)CCCC3. The molecule has 1 aromatic carbocycles. The van der Waals surface area contributed by atoms with Gasteiger partial charge >= 0.3 is 0 Å². The van der Waals surface area contributed by atoms with Crippen molar-refractivity contribution in [2.24, 2.45) is 0 Å². The Labute approximate surface area is 159 Å². The van der Waals surface area contributed by atoms with Gasteiger partial charge in [0.25, 0.3) is 0 Å². The van der Waals surface area contributed by atoms with E-state index in [-0.39, 0.29) is 0 Å². The molecule has 0 spiro atoms. The maximum atomic E-state index is 4.77. The lowest BCUT2D eigenvalue weighted by atomic mass is 9.97. The van der Waals surface area contributed by atoms with Crippen molar-refractivity contribution >= 4 is 27.4 Å². The summed E-state index contributed by atoms with van der Waals surface area (Å²) in [5, 5.41) is 4.92. The normalized spacial score (nSPS) is 15.2. The number of likely N-dealkylation sites (N-methyl/N-ethyl adjacent to an activating group) is 1. The average Bonchev–Trinajstić information content (AvgIpc) is 3.00. The third-order valence-electron chi connectivity index (χ3n) is 5.20. The monoisotopic (exact) mass is 366 g/mol. The van der Waals surface area contributed by atoms with E-state index in [1.54, 1.807) is 0 Å². The molecule has 0 unspecified atom stereocenters. The molecule has 2 aromatic heterocycles. The van der Waals surface area contributed by atoms with Crippen LogP contribution >= 0.6 is 11.3 Å². The zero-order valence-electron chi connectivity index (χ0n) is 15.7. The summed E-state index contributed by atoms with van der Waals surface area (Å²) in [5.41, 5.74) is 2.80. The number of hydrogen-bond acceptors (Lipinski definition) is 5. The lowest BCUT2D eigenvalue weighted by Crippen LogP contribution is -2.27. The molecule has 1 N–H and O–H groups in total. The van der Waals surface area contributed by atoms with Crippen LogP contribution in [0.1, 0.15) is 40.7 Å². The van der Waals surface area contributed by atoms with Crippen LogP contribution in [0, 0.1) is 6.92 Å². The van der Waals surface area contributed by atoms with Crippen molar-refractivity contribution in [3.05, 3.63) is 52.2 Å². The number of rotatable bonds is 5. The van der Waals surface area contributed by atoms with Gasteiger partial charge in [0, 0.05) is 11.4 Å². The molecule has 5 heteroatoms. The molecular formula is C21H26N4S. The van der Waals surface area contributed by atoms with Crippen LogP contribution in [0.2, 0.25) is 0 Å². The maximum Gasteiger partial charge on any atom is 0.138 e. The zero-order chi connectivity index (χ0) is 18.1. The van der Waals surface area contributed by atoms with Crippen molar-refractivity contribution in [1.29, 1.82) is 0 Å². The first-order chi connectivity index (χ1) is 12.6. The first-order valence-corrected chi connectivity index (χ1v) is 10.2. The second kappa shape index (κ2) is 7.33. The number of nitrogens with one attached hydrogen (secondary N) is 1. The number of anilines is 1. The molecule has 0 saturated heterocycles. The molecule has 0 saturated carbocycles. The Morgan fingerprint density at radius 2 is 1.88 bits per heavy atom. The fourth-order valence-corrected chi connectivity index (χ4v) is 5.17. The predicted molar refractivity (Wildman–Crippen MR) is 110 cm³/mol. The molecule has 0 radical (unpaired) electrons. The van der Waals surface area contributed by atoms with E-state index in [0.29, 0.717) is 6.04 Å². The highest BCUT2D eigenvalue weighted by molar-refractivity contribution is 7.19. The van der Waals surface area contributed by atoms with Gasteiger partial charge in [-0.2, -0.15) is 0 Å². The lowest BCUT2D eigenvalue weighted by molar-refractivity contribution is 0.311. The molecule has 0 amide bonds. The van der Waals surface area contributed by atoms with Gasteiger partial charge in [-0.05, 0) is 57.8 Å². The van der Waals surface area contributed by atoms with Crippen molar-refractivity contribution in [1.82, 2.24) is 14.9 Å². The van der Waals surface area contributed by atoms with Gasteiger partial charge in [0.05, 0.1) is 11.4 Å². The first-order valence-electron chi connectivity index (χ1n) is 9.37. The smallest absolute Gasteiger partial charge is 0.138 e. The third kappa shape index (κ3) is 3.33. The van der Waals surface area contributed by atoms with Crippen LogP contribution in [-0.2, 0) is 12.8 Å². The fourth-order valence-electron chi connectivity index (χ4n) is 3.86. The Bertz CT molecular complexity index is 901. The van der Waals surface area contributed by atoms with E-state index in [2.05, 4.69) is 54.6 Å². The standard InChI is InChI=1S/C21H26N4S/c1-14-23-20(19-16-11-7-8-12-18(16)26-21(19)24-14)22-13-17(25(2)3)15-9-5-4-6-10-15/h4-6,9-10,17H,7-8,11-13H2,1-3H3,(H,22,23,24)/t17-/m0/s1. The Morgan fingerprint density at radius 1 is 1.12 bits per heavy atom. The van der Waals surface area contributed by atoms with Gasteiger partial charge in [0.15, 0.2) is 0 Å². The first kappa shape index (κ1) is 17.4. The van der Waals surface area contributed by atoms with Crippen molar-refractivity contribution in [3.8, 4) is 0 Å². The minimum atomic E-state index is 0.302. The van der Waals surface area contributed by atoms with E-state index in [4.69, 9.17) is 9.97 Å². The molecule has 3 aromatic rings.